The third-order valence-electron chi connectivity index (χ3n) is 2.83. The van der Waals surface area contributed by atoms with Crippen molar-refractivity contribution in [3.63, 3.8) is 0 Å². The summed E-state index contributed by atoms with van der Waals surface area (Å²) in [5, 5.41) is 0. The molecule has 2 aromatic rings. The second-order valence-electron chi connectivity index (χ2n) is 4.39. The Bertz CT molecular complexity index is 677. The standard InChI is InChI=1S/C13H16N2O2S2/c1-9-6-7-12(18-9)13(15-14)10-4-3-5-11(8-10)19(2,16)17/h3-8,13,15H,14H2,1-2H3. The number of nitrogens with two attached hydrogens (primary N) is 1. The van der Waals surface area contributed by atoms with Gasteiger partial charge in [0.15, 0.2) is 9.84 Å². The number of hydrazine groups is 1. The number of rotatable bonds is 4. The molecule has 0 aliphatic carbocycles. The third kappa shape index (κ3) is 3.22. The molecule has 0 amide bonds. The van der Waals surface area contributed by atoms with Crippen molar-refractivity contribution in [3.05, 3.63) is 51.7 Å². The lowest BCUT2D eigenvalue weighted by Gasteiger charge is -2.15. The predicted molar refractivity (Wildman–Crippen MR) is 77.8 cm³/mol. The number of thiophene rings is 1. The molecule has 2 rings (SSSR count). The topological polar surface area (TPSA) is 72.2 Å². The normalized spacial score (nSPS) is 13.4. The van der Waals surface area contributed by atoms with Crippen LogP contribution in [0.1, 0.15) is 21.4 Å². The van der Waals surface area contributed by atoms with Crippen LogP contribution in [-0.4, -0.2) is 14.7 Å². The van der Waals surface area contributed by atoms with E-state index in [1.807, 2.05) is 25.1 Å². The average molecular weight is 296 g/mol. The van der Waals surface area contributed by atoms with E-state index < -0.39 is 9.84 Å². The summed E-state index contributed by atoms with van der Waals surface area (Å²) in [6.45, 7) is 2.02. The van der Waals surface area contributed by atoms with E-state index in [1.54, 1.807) is 29.5 Å². The zero-order valence-electron chi connectivity index (χ0n) is 10.8. The first kappa shape index (κ1) is 14.2. The Balaban J connectivity index is 2.45. The number of sulfone groups is 1. The number of hydrogen-bond acceptors (Lipinski definition) is 5. The van der Waals surface area contributed by atoms with Crippen molar-refractivity contribution in [1.29, 1.82) is 0 Å². The van der Waals surface area contributed by atoms with Crippen LogP contribution < -0.4 is 11.3 Å². The molecular weight excluding hydrogens is 280 g/mol. The second-order valence-corrected chi connectivity index (χ2v) is 7.73. The summed E-state index contributed by atoms with van der Waals surface area (Å²) in [6.07, 6.45) is 1.20. The molecule has 1 aromatic carbocycles. The molecule has 19 heavy (non-hydrogen) atoms. The van der Waals surface area contributed by atoms with Gasteiger partial charge >= 0.3 is 0 Å². The van der Waals surface area contributed by atoms with Gasteiger partial charge in [-0.15, -0.1) is 11.3 Å². The zero-order valence-corrected chi connectivity index (χ0v) is 12.4. The molecule has 0 fully saturated rings. The molecule has 1 atom stereocenters. The van der Waals surface area contributed by atoms with Gasteiger partial charge in [-0.25, -0.2) is 13.8 Å². The summed E-state index contributed by atoms with van der Waals surface area (Å²) < 4.78 is 23.2. The second kappa shape index (κ2) is 5.42. The van der Waals surface area contributed by atoms with E-state index in [0.29, 0.717) is 4.90 Å². The van der Waals surface area contributed by atoms with E-state index in [0.717, 1.165) is 10.4 Å². The summed E-state index contributed by atoms with van der Waals surface area (Å²) in [4.78, 5) is 2.55. The Morgan fingerprint density at radius 1 is 1.26 bits per heavy atom. The lowest BCUT2D eigenvalue weighted by molar-refractivity contribution is 0.600. The van der Waals surface area contributed by atoms with Crippen LogP contribution in [0.5, 0.6) is 0 Å². The van der Waals surface area contributed by atoms with Crippen molar-refractivity contribution in [2.45, 2.75) is 17.9 Å². The highest BCUT2D eigenvalue weighted by molar-refractivity contribution is 7.90. The summed E-state index contributed by atoms with van der Waals surface area (Å²) in [6, 6.07) is 10.7. The highest BCUT2D eigenvalue weighted by Gasteiger charge is 2.16. The van der Waals surface area contributed by atoms with Crippen molar-refractivity contribution < 1.29 is 8.42 Å². The molecule has 3 N–H and O–H groups in total. The largest absolute Gasteiger partial charge is 0.271 e. The molecule has 102 valence electrons. The van der Waals surface area contributed by atoms with Crippen LogP contribution in [-0.2, 0) is 9.84 Å². The van der Waals surface area contributed by atoms with Crippen LogP contribution in [0.2, 0.25) is 0 Å². The molecule has 0 spiro atoms. The first-order chi connectivity index (χ1) is 8.91. The van der Waals surface area contributed by atoms with Gasteiger partial charge < -0.3 is 0 Å². The van der Waals surface area contributed by atoms with Crippen molar-refractivity contribution in [2.75, 3.05) is 6.26 Å². The third-order valence-corrected chi connectivity index (χ3v) is 5.01. The summed E-state index contributed by atoms with van der Waals surface area (Å²) in [7, 11) is -3.21. The van der Waals surface area contributed by atoms with Crippen LogP contribution in [0.25, 0.3) is 0 Å². The molecule has 4 nitrogen and oxygen atoms in total. The maximum Gasteiger partial charge on any atom is 0.175 e. The fraction of sp³-hybridized carbons (Fsp3) is 0.231. The average Bonchev–Trinajstić information content (AvgIpc) is 2.76. The van der Waals surface area contributed by atoms with Crippen molar-refractivity contribution in [1.82, 2.24) is 5.43 Å². The monoisotopic (exact) mass is 296 g/mol. The molecule has 0 aliphatic heterocycles. The van der Waals surface area contributed by atoms with Crippen molar-refractivity contribution in [3.8, 4) is 0 Å². The van der Waals surface area contributed by atoms with Crippen LogP contribution >= 0.6 is 11.3 Å². The molecule has 1 aromatic heterocycles. The first-order valence-corrected chi connectivity index (χ1v) is 8.45. The molecule has 0 bridgehead atoms. The first-order valence-electron chi connectivity index (χ1n) is 5.74. The van der Waals surface area contributed by atoms with Gasteiger partial charge in [-0.1, -0.05) is 12.1 Å². The van der Waals surface area contributed by atoms with Crippen molar-refractivity contribution in [2.24, 2.45) is 5.84 Å². The summed E-state index contributed by atoms with van der Waals surface area (Å²) in [5.41, 5.74) is 3.58. The van der Waals surface area contributed by atoms with Gasteiger partial charge in [0.25, 0.3) is 0 Å². The minimum absolute atomic E-state index is 0.194. The SMILES string of the molecule is Cc1ccc(C(NN)c2cccc(S(C)(=O)=O)c2)s1. The Labute approximate surface area is 117 Å². The predicted octanol–water partition coefficient (Wildman–Crippen LogP) is 2.01. The molecule has 0 saturated carbocycles. The van der Waals surface area contributed by atoms with Gasteiger partial charge in [0.1, 0.15) is 0 Å². The Morgan fingerprint density at radius 3 is 2.53 bits per heavy atom. The number of hydrogen-bond donors (Lipinski definition) is 2. The smallest absolute Gasteiger partial charge is 0.175 e. The van der Waals surface area contributed by atoms with Crippen LogP contribution in [0.3, 0.4) is 0 Å². The minimum atomic E-state index is -3.21. The fourth-order valence-corrected chi connectivity index (χ4v) is 3.52. The Hall–Kier alpha value is -1.21. The minimum Gasteiger partial charge on any atom is -0.271 e. The molecule has 1 unspecified atom stereocenters. The van der Waals surface area contributed by atoms with Gasteiger partial charge in [-0.3, -0.25) is 5.84 Å². The molecular formula is C13H16N2O2S2. The Kier molecular flexibility index (Phi) is 4.05. The molecule has 0 saturated heterocycles. The highest BCUT2D eigenvalue weighted by atomic mass is 32.2. The lowest BCUT2D eigenvalue weighted by atomic mass is 10.1. The number of nitrogens with one attached hydrogen (secondary N) is 1. The zero-order chi connectivity index (χ0) is 14.0. The maximum absolute atomic E-state index is 11.6. The van der Waals surface area contributed by atoms with Gasteiger partial charge in [0, 0.05) is 16.0 Å². The quantitative estimate of drug-likeness (QED) is 0.669. The summed E-state index contributed by atoms with van der Waals surface area (Å²) in [5.74, 6) is 5.61. The number of aryl methyl sites for hydroxylation is 1. The maximum atomic E-state index is 11.6. The lowest BCUT2D eigenvalue weighted by Crippen LogP contribution is -2.28. The van der Waals surface area contributed by atoms with Gasteiger partial charge in [0.05, 0.1) is 10.9 Å². The Morgan fingerprint density at radius 2 is 2.00 bits per heavy atom. The van der Waals surface area contributed by atoms with Gasteiger partial charge in [-0.2, -0.15) is 0 Å². The van der Waals surface area contributed by atoms with E-state index in [-0.39, 0.29) is 6.04 Å². The highest BCUT2D eigenvalue weighted by Crippen LogP contribution is 2.28. The molecule has 6 heteroatoms. The van der Waals surface area contributed by atoms with E-state index in [4.69, 9.17) is 5.84 Å². The number of benzene rings is 1. The molecule has 0 radical (unpaired) electrons. The molecule has 1 heterocycles. The summed E-state index contributed by atoms with van der Waals surface area (Å²) >= 11 is 1.64. The van der Waals surface area contributed by atoms with Crippen LogP contribution in [0.15, 0.2) is 41.3 Å². The van der Waals surface area contributed by atoms with Gasteiger partial charge in [0.2, 0.25) is 0 Å². The van der Waals surface area contributed by atoms with E-state index in [1.165, 1.54) is 11.1 Å². The van der Waals surface area contributed by atoms with E-state index >= 15 is 0 Å². The van der Waals surface area contributed by atoms with Crippen LogP contribution in [0.4, 0.5) is 0 Å². The van der Waals surface area contributed by atoms with Crippen molar-refractivity contribution >= 4 is 21.2 Å². The van der Waals surface area contributed by atoms with E-state index in [2.05, 4.69) is 5.43 Å². The fourth-order valence-electron chi connectivity index (χ4n) is 1.88. The van der Waals surface area contributed by atoms with E-state index in [9.17, 15) is 8.42 Å². The molecule has 0 aliphatic rings. The van der Waals surface area contributed by atoms with Gasteiger partial charge in [-0.05, 0) is 36.8 Å². The van der Waals surface area contributed by atoms with Crippen LogP contribution in [0, 0.1) is 6.92 Å².